The van der Waals surface area contributed by atoms with E-state index in [0.717, 1.165) is 26.8 Å². The second-order valence-corrected chi connectivity index (χ2v) is 9.66. The fraction of sp³-hybridized carbons (Fsp3) is 0.192. The lowest BCUT2D eigenvalue weighted by atomic mass is 9.87. The van der Waals surface area contributed by atoms with Crippen LogP contribution in [0.25, 0.3) is 10.1 Å². The quantitative estimate of drug-likeness (QED) is 0.304. The van der Waals surface area contributed by atoms with E-state index in [-0.39, 0.29) is 11.9 Å². The number of carbonyl (C=O) groups is 1. The van der Waals surface area contributed by atoms with Crippen molar-refractivity contribution in [2.24, 2.45) is 0 Å². The fourth-order valence-corrected chi connectivity index (χ4v) is 6.19. The van der Waals surface area contributed by atoms with Crippen molar-refractivity contribution in [2.45, 2.75) is 12.5 Å². The monoisotopic (exact) mass is 497 g/mol. The van der Waals surface area contributed by atoms with Crippen molar-refractivity contribution in [3.05, 3.63) is 92.3 Å². The standard InChI is InChI=1S/C26H21Cl2NO3S/c1-31-20-13-15-11-12-29(26(30)25-23(28)17-8-4-6-10-22(17)33-25)24(18(15)14-21(20)32-2)16-7-3-5-9-19(16)27/h3-10,13-14,24H,11-12H2,1-2H3. The van der Waals surface area contributed by atoms with Crippen molar-refractivity contribution in [3.63, 3.8) is 0 Å². The molecule has 0 spiro atoms. The molecule has 1 aromatic heterocycles. The lowest BCUT2D eigenvalue weighted by Gasteiger charge is -2.38. The summed E-state index contributed by atoms with van der Waals surface area (Å²) in [5, 5.41) is 1.99. The van der Waals surface area contributed by atoms with Crippen LogP contribution in [0.2, 0.25) is 10.0 Å². The van der Waals surface area contributed by atoms with Gasteiger partial charge in [-0.05, 0) is 47.4 Å². The molecule has 0 saturated carbocycles. The van der Waals surface area contributed by atoms with Gasteiger partial charge in [0.05, 0.1) is 25.3 Å². The molecule has 2 heterocycles. The number of hydrogen-bond donors (Lipinski definition) is 0. The highest BCUT2D eigenvalue weighted by Crippen LogP contribution is 2.44. The average molecular weight is 498 g/mol. The van der Waals surface area contributed by atoms with E-state index in [0.29, 0.717) is 39.4 Å². The third-order valence-corrected chi connectivity index (χ3v) is 8.07. The Morgan fingerprint density at radius 2 is 1.67 bits per heavy atom. The number of halogens is 2. The second-order valence-electron chi connectivity index (χ2n) is 7.82. The maximum atomic E-state index is 13.9. The summed E-state index contributed by atoms with van der Waals surface area (Å²) in [6.07, 6.45) is 0.685. The van der Waals surface area contributed by atoms with Gasteiger partial charge in [0.1, 0.15) is 4.88 Å². The van der Waals surface area contributed by atoms with E-state index < -0.39 is 0 Å². The number of benzene rings is 3. The highest BCUT2D eigenvalue weighted by atomic mass is 35.5. The summed E-state index contributed by atoms with van der Waals surface area (Å²) in [5.41, 5.74) is 2.93. The molecule has 0 bridgehead atoms. The molecule has 4 nitrogen and oxygen atoms in total. The van der Waals surface area contributed by atoms with E-state index in [1.54, 1.807) is 14.2 Å². The Labute approximate surface area is 206 Å². The molecule has 168 valence electrons. The van der Waals surface area contributed by atoms with E-state index in [1.807, 2.05) is 65.6 Å². The third-order valence-electron chi connectivity index (χ3n) is 6.06. The number of methoxy groups -OCH3 is 2. The maximum Gasteiger partial charge on any atom is 0.266 e. The van der Waals surface area contributed by atoms with Gasteiger partial charge < -0.3 is 14.4 Å². The lowest BCUT2D eigenvalue weighted by Crippen LogP contribution is -2.40. The minimum atomic E-state index is -0.379. The molecule has 5 rings (SSSR count). The number of rotatable bonds is 4. The van der Waals surface area contributed by atoms with E-state index in [2.05, 4.69) is 0 Å². The summed E-state index contributed by atoms with van der Waals surface area (Å²) in [6.45, 7) is 0.530. The highest BCUT2D eigenvalue weighted by Gasteiger charge is 2.36. The van der Waals surface area contributed by atoms with Crippen molar-refractivity contribution in [3.8, 4) is 11.5 Å². The van der Waals surface area contributed by atoms with Crippen molar-refractivity contribution in [1.29, 1.82) is 0 Å². The Kier molecular flexibility index (Phi) is 5.95. The van der Waals surface area contributed by atoms with Crippen LogP contribution in [0.15, 0.2) is 60.7 Å². The highest BCUT2D eigenvalue weighted by molar-refractivity contribution is 7.21. The van der Waals surface area contributed by atoms with Crippen LogP contribution in [-0.4, -0.2) is 31.6 Å². The minimum absolute atomic E-state index is 0.105. The maximum absolute atomic E-state index is 13.9. The molecule has 1 atom stereocenters. The van der Waals surface area contributed by atoms with Gasteiger partial charge in [-0.25, -0.2) is 0 Å². The van der Waals surface area contributed by atoms with E-state index >= 15 is 0 Å². The molecule has 0 radical (unpaired) electrons. The van der Waals surface area contributed by atoms with Gasteiger partial charge in [0.25, 0.3) is 5.91 Å². The fourth-order valence-electron chi connectivity index (χ4n) is 4.48. The molecule has 0 fully saturated rings. The van der Waals surface area contributed by atoms with Gasteiger partial charge in [-0.3, -0.25) is 4.79 Å². The number of amides is 1. The molecule has 0 N–H and O–H groups in total. The second kappa shape index (κ2) is 8.90. The van der Waals surface area contributed by atoms with Crippen LogP contribution in [0.1, 0.15) is 32.4 Å². The van der Waals surface area contributed by atoms with Crippen molar-refractivity contribution in [2.75, 3.05) is 20.8 Å². The van der Waals surface area contributed by atoms with Crippen molar-refractivity contribution >= 4 is 50.5 Å². The first-order valence-electron chi connectivity index (χ1n) is 10.5. The molecule has 0 saturated heterocycles. The molecule has 1 aliphatic rings. The van der Waals surface area contributed by atoms with Crippen molar-refractivity contribution < 1.29 is 14.3 Å². The number of nitrogens with zero attached hydrogens (tertiary/aromatic N) is 1. The van der Waals surface area contributed by atoms with Crippen LogP contribution >= 0.6 is 34.5 Å². The predicted octanol–water partition coefficient (Wildman–Crippen LogP) is 7.01. The predicted molar refractivity (Wildman–Crippen MR) is 134 cm³/mol. The molecule has 1 unspecified atom stereocenters. The van der Waals surface area contributed by atoms with Crippen LogP contribution in [-0.2, 0) is 6.42 Å². The van der Waals surface area contributed by atoms with Gasteiger partial charge in [-0.2, -0.15) is 0 Å². The van der Waals surface area contributed by atoms with E-state index in [9.17, 15) is 4.79 Å². The number of carbonyl (C=O) groups excluding carboxylic acids is 1. The molecule has 7 heteroatoms. The average Bonchev–Trinajstić information content (AvgIpc) is 3.19. The Balaban J connectivity index is 1.68. The van der Waals surface area contributed by atoms with Crippen LogP contribution in [0, 0.1) is 0 Å². The molecular formula is C26H21Cl2NO3S. The molecule has 1 amide bonds. The molecule has 33 heavy (non-hydrogen) atoms. The first kappa shape index (κ1) is 22.1. The number of ether oxygens (including phenoxy) is 2. The Bertz CT molecular complexity index is 1370. The first-order valence-corrected chi connectivity index (χ1v) is 12.1. The zero-order chi connectivity index (χ0) is 23.1. The van der Waals surface area contributed by atoms with Gasteiger partial charge in [0, 0.05) is 21.7 Å². The SMILES string of the molecule is COc1cc2c(cc1OC)C(c1ccccc1Cl)N(C(=O)c1sc3ccccc3c1Cl)CC2. The Morgan fingerprint density at radius 3 is 2.39 bits per heavy atom. The largest absolute Gasteiger partial charge is 0.493 e. The van der Waals surface area contributed by atoms with Crippen molar-refractivity contribution in [1.82, 2.24) is 4.90 Å². The molecule has 1 aliphatic heterocycles. The van der Waals surface area contributed by atoms with Gasteiger partial charge >= 0.3 is 0 Å². The van der Waals surface area contributed by atoms with Gasteiger partial charge in [-0.15, -0.1) is 11.3 Å². The molecule has 3 aromatic carbocycles. The number of hydrogen-bond acceptors (Lipinski definition) is 4. The topological polar surface area (TPSA) is 38.8 Å². The summed E-state index contributed by atoms with van der Waals surface area (Å²) in [4.78, 5) is 16.3. The number of fused-ring (bicyclic) bond motifs is 2. The van der Waals surface area contributed by atoms with E-state index in [1.165, 1.54) is 11.3 Å². The molecule has 4 aromatic rings. The zero-order valence-corrected chi connectivity index (χ0v) is 20.4. The molecular weight excluding hydrogens is 477 g/mol. The van der Waals surface area contributed by atoms with Crippen LogP contribution in [0.3, 0.4) is 0 Å². The summed E-state index contributed by atoms with van der Waals surface area (Å²) in [6, 6.07) is 19.0. The summed E-state index contributed by atoms with van der Waals surface area (Å²) in [7, 11) is 3.23. The van der Waals surface area contributed by atoms with Gasteiger partial charge in [-0.1, -0.05) is 59.6 Å². The third kappa shape index (κ3) is 3.74. The smallest absolute Gasteiger partial charge is 0.266 e. The Hall–Kier alpha value is -2.73. The summed E-state index contributed by atoms with van der Waals surface area (Å²) >= 11 is 14.8. The number of thiophene rings is 1. The lowest BCUT2D eigenvalue weighted by molar-refractivity contribution is 0.0699. The first-order chi connectivity index (χ1) is 16.0. The normalized spacial score (nSPS) is 15.4. The van der Waals surface area contributed by atoms with Crippen LogP contribution < -0.4 is 9.47 Å². The molecule has 0 aliphatic carbocycles. The zero-order valence-electron chi connectivity index (χ0n) is 18.1. The summed E-state index contributed by atoms with van der Waals surface area (Å²) in [5.74, 6) is 1.18. The summed E-state index contributed by atoms with van der Waals surface area (Å²) < 4.78 is 12.1. The van der Waals surface area contributed by atoms with E-state index in [4.69, 9.17) is 32.7 Å². The van der Waals surface area contributed by atoms with Gasteiger partial charge in [0.15, 0.2) is 11.5 Å². The van der Waals surface area contributed by atoms with Crippen LogP contribution in [0.5, 0.6) is 11.5 Å². The Morgan fingerprint density at radius 1 is 0.970 bits per heavy atom. The van der Waals surface area contributed by atoms with Crippen LogP contribution in [0.4, 0.5) is 0 Å². The van der Waals surface area contributed by atoms with Gasteiger partial charge in [0.2, 0.25) is 0 Å². The minimum Gasteiger partial charge on any atom is -0.493 e.